The van der Waals surface area contributed by atoms with Crippen molar-refractivity contribution in [1.29, 1.82) is 0 Å². The van der Waals surface area contributed by atoms with Crippen LogP contribution in [0.4, 0.5) is 0 Å². The molecule has 166 valence electrons. The Morgan fingerprint density at radius 1 is 1.16 bits per heavy atom. The lowest BCUT2D eigenvalue weighted by Crippen LogP contribution is -2.43. The SMILES string of the molecule is COC(=O)[C@@H]1C(=O)C2=C(C[C@@H]1C)NC(C)=C(C(=O)OC1CCCC1)[C@@H]2c1ccc(C)s1. The van der Waals surface area contributed by atoms with E-state index in [2.05, 4.69) is 5.32 Å². The van der Waals surface area contributed by atoms with Crippen LogP contribution >= 0.6 is 11.3 Å². The first kappa shape index (κ1) is 21.8. The third kappa shape index (κ3) is 3.95. The Bertz CT molecular complexity index is 982. The molecule has 0 saturated heterocycles. The zero-order valence-corrected chi connectivity index (χ0v) is 19.3. The molecule has 1 N–H and O–H groups in total. The second-order valence-electron chi connectivity index (χ2n) is 8.80. The largest absolute Gasteiger partial charge is 0.468 e. The number of carbonyl (C=O) groups is 3. The minimum atomic E-state index is -0.861. The molecule has 0 radical (unpaired) electrons. The Labute approximate surface area is 186 Å². The van der Waals surface area contributed by atoms with Gasteiger partial charge in [-0.1, -0.05) is 6.92 Å². The van der Waals surface area contributed by atoms with Crippen LogP contribution in [0.2, 0.25) is 0 Å². The molecular weight excluding hydrogens is 414 g/mol. The number of rotatable bonds is 4. The highest BCUT2D eigenvalue weighted by atomic mass is 32.1. The first-order valence-corrected chi connectivity index (χ1v) is 11.7. The van der Waals surface area contributed by atoms with Crippen molar-refractivity contribution < 1.29 is 23.9 Å². The summed E-state index contributed by atoms with van der Waals surface area (Å²) < 4.78 is 10.8. The maximum absolute atomic E-state index is 13.6. The molecule has 1 aromatic heterocycles. The van der Waals surface area contributed by atoms with E-state index in [1.54, 1.807) is 11.3 Å². The standard InChI is InChI=1S/C24H29NO5S/c1-12-11-16-20(22(26)18(12)23(27)29-4)21(17-10-9-13(2)31-17)19(14(3)25-16)24(28)30-15-7-5-6-8-15/h9-10,12,15,18,21,25H,5-8,11H2,1-4H3/t12-,18-,21-/m0/s1. The topological polar surface area (TPSA) is 81.7 Å². The molecule has 0 unspecified atom stereocenters. The lowest BCUT2D eigenvalue weighted by molar-refractivity contribution is -0.151. The van der Waals surface area contributed by atoms with Gasteiger partial charge in [0.25, 0.3) is 0 Å². The van der Waals surface area contributed by atoms with E-state index in [9.17, 15) is 14.4 Å². The molecule has 4 rings (SSSR count). The van der Waals surface area contributed by atoms with Gasteiger partial charge in [-0.05, 0) is 64.0 Å². The van der Waals surface area contributed by atoms with Gasteiger partial charge < -0.3 is 14.8 Å². The first-order valence-electron chi connectivity index (χ1n) is 10.9. The third-order valence-corrected chi connectivity index (χ3v) is 7.65. The molecule has 3 atom stereocenters. The van der Waals surface area contributed by atoms with E-state index < -0.39 is 17.8 Å². The van der Waals surface area contributed by atoms with Crippen molar-refractivity contribution in [1.82, 2.24) is 5.32 Å². The van der Waals surface area contributed by atoms with Crippen LogP contribution in [0.3, 0.4) is 0 Å². The second kappa shape index (κ2) is 8.61. The quantitative estimate of drug-likeness (QED) is 0.556. The molecule has 3 aliphatic rings. The van der Waals surface area contributed by atoms with E-state index >= 15 is 0 Å². The minimum absolute atomic E-state index is 0.0706. The number of aryl methyl sites for hydroxylation is 1. The monoisotopic (exact) mass is 443 g/mol. The normalized spacial score (nSPS) is 26.6. The molecule has 31 heavy (non-hydrogen) atoms. The maximum Gasteiger partial charge on any atom is 0.337 e. The predicted octanol–water partition coefficient (Wildman–Crippen LogP) is 4.16. The van der Waals surface area contributed by atoms with Gasteiger partial charge in [-0.3, -0.25) is 9.59 Å². The number of nitrogens with one attached hydrogen (secondary N) is 1. The Kier molecular flexibility index (Phi) is 6.06. The Morgan fingerprint density at radius 2 is 1.87 bits per heavy atom. The molecule has 0 spiro atoms. The van der Waals surface area contributed by atoms with Crippen molar-refractivity contribution in [2.75, 3.05) is 7.11 Å². The maximum atomic E-state index is 13.6. The average molecular weight is 444 g/mol. The number of esters is 2. The number of carbonyl (C=O) groups excluding carboxylic acids is 3. The number of ether oxygens (including phenoxy) is 2. The number of hydrogen-bond acceptors (Lipinski definition) is 7. The second-order valence-corrected chi connectivity index (χ2v) is 10.1. The van der Waals surface area contributed by atoms with Crippen molar-refractivity contribution in [3.63, 3.8) is 0 Å². The van der Waals surface area contributed by atoms with E-state index in [-0.39, 0.29) is 23.8 Å². The average Bonchev–Trinajstić information content (AvgIpc) is 3.38. The van der Waals surface area contributed by atoms with E-state index in [0.717, 1.165) is 41.1 Å². The highest BCUT2D eigenvalue weighted by Gasteiger charge is 2.47. The van der Waals surface area contributed by atoms with E-state index in [1.807, 2.05) is 32.9 Å². The number of Topliss-reactive ketones (excluding diaryl/α,β-unsaturated/α-hetero) is 1. The fourth-order valence-corrected chi connectivity index (χ4v) is 6.06. The lowest BCUT2D eigenvalue weighted by atomic mass is 9.70. The summed E-state index contributed by atoms with van der Waals surface area (Å²) in [5, 5.41) is 3.31. The summed E-state index contributed by atoms with van der Waals surface area (Å²) in [7, 11) is 1.31. The van der Waals surface area contributed by atoms with E-state index in [4.69, 9.17) is 9.47 Å². The lowest BCUT2D eigenvalue weighted by Gasteiger charge is -2.38. The summed E-state index contributed by atoms with van der Waals surface area (Å²) >= 11 is 1.56. The number of hydrogen-bond donors (Lipinski definition) is 1. The highest BCUT2D eigenvalue weighted by molar-refractivity contribution is 7.12. The molecule has 1 fully saturated rings. The van der Waals surface area contributed by atoms with Gasteiger partial charge in [-0.15, -0.1) is 11.3 Å². The Morgan fingerprint density at radius 3 is 2.48 bits per heavy atom. The molecular formula is C24H29NO5S. The molecule has 2 heterocycles. The van der Waals surface area contributed by atoms with Crippen LogP contribution in [0.1, 0.15) is 61.6 Å². The van der Waals surface area contributed by atoms with Crippen LogP contribution in [-0.4, -0.2) is 30.9 Å². The summed E-state index contributed by atoms with van der Waals surface area (Å²) in [6, 6.07) is 3.96. The molecule has 1 saturated carbocycles. The van der Waals surface area contributed by atoms with Gasteiger partial charge in [0.2, 0.25) is 0 Å². The van der Waals surface area contributed by atoms with Gasteiger partial charge in [0.1, 0.15) is 12.0 Å². The van der Waals surface area contributed by atoms with Gasteiger partial charge in [-0.25, -0.2) is 4.79 Å². The predicted molar refractivity (Wildman–Crippen MR) is 117 cm³/mol. The molecule has 1 aliphatic heterocycles. The van der Waals surface area contributed by atoms with E-state index in [0.29, 0.717) is 23.3 Å². The highest BCUT2D eigenvalue weighted by Crippen LogP contribution is 2.47. The number of dihydropyridines is 1. The van der Waals surface area contributed by atoms with Crippen molar-refractivity contribution in [3.05, 3.63) is 44.4 Å². The summed E-state index contributed by atoms with van der Waals surface area (Å²) in [6.45, 7) is 5.75. The van der Waals surface area contributed by atoms with Gasteiger partial charge in [0, 0.05) is 26.7 Å². The summed E-state index contributed by atoms with van der Waals surface area (Å²) in [5.74, 6) is -2.73. The fourth-order valence-electron chi connectivity index (χ4n) is 5.07. The molecule has 0 bridgehead atoms. The third-order valence-electron chi connectivity index (χ3n) is 6.58. The molecule has 0 aromatic carbocycles. The molecule has 2 aliphatic carbocycles. The van der Waals surface area contributed by atoms with Gasteiger partial charge in [-0.2, -0.15) is 0 Å². The van der Waals surface area contributed by atoms with Crippen LogP contribution in [0.15, 0.2) is 34.7 Å². The van der Waals surface area contributed by atoms with E-state index in [1.165, 1.54) is 7.11 Å². The first-order chi connectivity index (χ1) is 14.8. The molecule has 6 nitrogen and oxygen atoms in total. The molecule has 0 amide bonds. The number of allylic oxidation sites excluding steroid dienone is 3. The summed E-state index contributed by atoms with van der Waals surface area (Å²) in [4.78, 5) is 41.4. The van der Waals surface area contributed by atoms with Gasteiger partial charge >= 0.3 is 11.9 Å². The van der Waals surface area contributed by atoms with Gasteiger partial charge in [0.15, 0.2) is 5.78 Å². The fraction of sp³-hybridized carbons (Fsp3) is 0.542. The number of methoxy groups -OCH3 is 1. The van der Waals surface area contributed by atoms with Crippen molar-refractivity contribution in [3.8, 4) is 0 Å². The van der Waals surface area contributed by atoms with Crippen molar-refractivity contribution in [2.45, 2.75) is 64.9 Å². The van der Waals surface area contributed by atoms with Crippen LogP contribution in [0, 0.1) is 18.8 Å². The summed E-state index contributed by atoms with van der Waals surface area (Å²) in [6.07, 6.45) is 4.36. The van der Waals surface area contributed by atoms with Crippen molar-refractivity contribution >= 4 is 29.1 Å². The molecule has 7 heteroatoms. The van der Waals surface area contributed by atoms with Crippen LogP contribution in [0.5, 0.6) is 0 Å². The van der Waals surface area contributed by atoms with Crippen molar-refractivity contribution in [2.24, 2.45) is 11.8 Å². The van der Waals surface area contributed by atoms with Crippen LogP contribution in [-0.2, 0) is 23.9 Å². The Hall–Kier alpha value is -2.41. The molecule has 1 aromatic rings. The summed E-state index contributed by atoms with van der Waals surface area (Å²) in [5.41, 5.74) is 2.48. The zero-order chi connectivity index (χ0) is 22.3. The van der Waals surface area contributed by atoms with Gasteiger partial charge in [0.05, 0.1) is 18.6 Å². The zero-order valence-electron chi connectivity index (χ0n) is 18.4. The van der Waals surface area contributed by atoms with Crippen LogP contribution < -0.4 is 5.32 Å². The minimum Gasteiger partial charge on any atom is -0.468 e. The number of thiophene rings is 1. The Balaban J connectivity index is 1.78. The number of ketones is 1. The smallest absolute Gasteiger partial charge is 0.337 e. The van der Waals surface area contributed by atoms with Crippen LogP contribution in [0.25, 0.3) is 0 Å².